The summed E-state index contributed by atoms with van der Waals surface area (Å²) in [5, 5.41) is 0. The Morgan fingerprint density at radius 3 is 2.50 bits per heavy atom. The average molecular weight is 199 g/mol. The van der Waals surface area contributed by atoms with E-state index in [0.717, 1.165) is 5.56 Å². The molecule has 0 fully saturated rings. The van der Waals surface area contributed by atoms with E-state index in [-0.39, 0.29) is 11.5 Å². The van der Waals surface area contributed by atoms with E-state index in [1.54, 1.807) is 6.07 Å². The van der Waals surface area contributed by atoms with Gasteiger partial charge < -0.3 is 5.73 Å². The highest BCUT2D eigenvalue weighted by atomic mass is 19.3. The number of hydrogen-bond donors (Lipinski definition) is 1. The van der Waals surface area contributed by atoms with Gasteiger partial charge in [-0.2, -0.15) is 8.78 Å². The van der Waals surface area contributed by atoms with Crippen molar-refractivity contribution in [3.05, 3.63) is 35.4 Å². The van der Waals surface area contributed by atoms with Gasteiger partial charge in [-0.3, -0.25) is 0 Å². The lowest BCUT2D eigenvalue weighted by atomic mass is 9.98. The summed E-state index contributed by atoms with van der Waals surface area (Å²) in [7, 11) is 0. The van der Waals surface area contributed by atoms with Gasteiger partial charge in [0.25, 0.3) is 5.92 Å². The number of halogens is 2. The molecule has 78 valence electrons. The SMILES string of the molecule is CC(C)c1cccc(C(F)(F)CN)c1. The van der Waals surface area contributed by atoms with Crippen molar-refractivity contribution in [3.8, 4) is 0 Å². The molecule has 0 heterocycles. The summed E-state index contributed by atoms with van der Waals surface area (Å²) in [5.41, 5.74) is 5.93. The van der Waals surface area contributed by atoms with Gasteiger partial charge in [0.2, 0.25) is 0 Å². The molecule has 0 unspecified atom stereocenters. The van der Waals surface area contributed by atoms with Gasteiger partial charge >= 0.3 is 0 Å². The van der Waals surface area contributed by atoms with Crippen LogP contribution in [0.2, 0.25) is 0 Å². The third-order valence-electron chi connectivity index (χ3n) is 2.23. The second-order valence-electron chi connectivity index (χ2n) is 3.69. The van der Waals surface area contributed by atoms with Crippen molar-refractivity contribution >= 4 is 0 Å². The van der Waals surface area contributed by atoms with Crippen LogP contribution >= 0.6 is 0 Å². The van der Waals surface area contributed by atoms with E-state index in [2.05, 4.69) is 0 Å². The lowest BCUT2D eigenvalue weighted by molar-refractivity contribution is 0.00587. The molecule has 0 atom stereocenters. The van der Waals surface area contributed by atoms with E-state index in [1.807, 2.05) is 19.9 Å². The Hall–Kier alpha value is -0.960. The Balaban J connectivity index is 3.05. The first kappa shape index (κ1) is 11.1. The molecular formula is C11H15F2N. The third kappa shape index (κ3) is 2.29. The third-order valence-corrected chi connectivity index (χ3v) is 2.23. The zero-order valence-electron chi connectivity index (χ0n) is 8.43. The molecule has 1 aromatic rings. The van der Waals surface area contributed by atoms with Gasteiger partial charge in [-0.25, -0.2) is 0 Å². The fourth-order valence-electron chi connectivity index (χ4n) is 1.24. The molecule has 2 N–H and O–H groups in total. The molecule has 0 amide bonds. The van der Waals surface area contributed by atoms with E-state index in [9.17, 15) is 8.78 Å². The molecule has 0 bridgehead atoms. The monoisotopic (exact) mass is 199 g/mol. The van der Waals surface area contributed by atoms with Crippen molar-refractivity contribution in [1.29, 1.82) is 0 Å². The van der Waals surface area contributed by atoms with Crippen molar-refractivity contribution in [2.24, 2.45) is 5.73 Å². The van der Waals surface area contributed by atoms with Crippen LogP contribution in [0.25, 0.3) is 0 Å². The quantitative estimate of drug-likeness (QED) is 0.795. The topological polar surface area (TPSA) is 26.0 Å². The highest BCUT2D eigenvalue weighted by molar-refractivity contribution is 5.28. The standard InChI is InChI=1S/C11H15F2N/c1-8(2)9-4-3-5-10(6-9)11(12,13)7-14/h3-6,8H,7,14H2,1-2H3. The molecule has 0 aliphatic rings. The number of nitrogens with two attached hydrogens (primary N) is 1. The molecule has 14 heavy (non-hydrogen) atoms. The van der Waals surface area contributed by atoms with E-state index < -0.39 is 12.5 Å². The normalized spacial score (nSPS) is 12.1. The second-order valence-corrected chi connectivity index (χ2v) is 3.69. The predicted octanol–water partition coefficient (Wildman–Crippen LogP) is 2.86. The maximum atomic E-state index is 13.2. The maximum absolute atomic E-state index is 13.2. The Morgan fingerprint density at radius 2 is 2.00 bits per heavy atom. The zero-order valence-corrected chi connectivity index (χ0v) is 8.43. The van der Waals surface area contributed by atoms with Crippen LogP contribution in [0.5, 0.6) is 0 Å². The van der Waals surface area contributed by atoms with E-state index in [4.69, 9.17) is 5.73 Å². The maximum Gasteiger partial charge on any atom is 0.285 e. The lowest BCUT2D eigenvalue weighted by Crippen LogP contribution is -2.25. The predicted molar refractivity (Wildman–Crippen MR) is 53.5 cm³/mol. The minimum absolute atomic E-state index is 0.00574. The van der Waals surface area contributed by atoms with E-state index in [1.165, 1.54) is 12.1 Å². The number of alkyl halides is 2. The van der Waals surface area contributed by atoms with Crippen molar-refractivity contribution in [1.82, 2.24) is 0 Å². The van der Waals surface area contributed by atoms with Crippen molar-refractivity contribution in [2.75, 3.05) is 6.54 Å². The molecule has 1 rings (SSSR count). The molecule has 0 spiro atoms. The van der Waals surface area contributed by atoms with Crippen LogP contribution in [0.3, 0.4) is 0 Å². The minimum Gasteiger partial charge on any atom is -0.325 e. The van der Waals surface area contributed by atoms with Gasteiger partial charge in [-0.05, 0) is 17.5 Å². The largest absolute Gasteiger partial charge is 0.325 e. The van der Waals surface area contributed by atoms with Crippen LogP contribution in [-0.2, 0) is 5.92 Å². The number of benzene rings is 1. The summed E-state index contributed by atoms with van der Waals surface area (Å²) in [5.74, 6) is -2.66. The van der Waals surface area contributed by atoms with Crippen molar-refractivity contribution in [3.63, 3.8) is 0 Å². The molecule has 0 radical (unpaired) electrons. The second kappa shape index (κ2) is 4.05. The van der Waals surface area contributed by atoms with Crippen LogP contribution in [0, 0.1) is 0 Å². The molecule has 3 heteroatoms. The van der Waals surface area contributed by atoms with Crippen LogP contribution in [0.1, 0.15) is 30.9 Å². The first-order valence-electron chi connectivity index (χ1n) is 4.65. The van der Waals surface area contributed by atoms with Crippen molar-refractivity contribution in [2.45, 2.75) is 25.7 Å². The van der Waals surface area contributed by atoms with Gasteiger partial charge in [-0.15, -0.1) is 0 Å². The summed E-state index contributed by atoms with van der Waals surface area (Å²) in [6, 6.07) is 6.44. The first-order chi connectivity index (χ1) is 6.47. The summed E-state index contributed by atoms with van der Waals surface area (Å²) in [6.45, 7) is 3.30. The summed E-state index contributed by atoms with van der Waals surface area (Å²) >= 11 is 0. The van der Waals surface area contributed by atoms with Crippen LogP contribution in [0.4, 0.5) is 8.78 Å². The summed E-state index contributed by atoms with van der Waals surface area (Å²) < 4.78 is 26.4. The zero-order chi connectivity index (χ0) is 10.8. The highest BCUT2D eigenvalue weighted by Gasteiger charge is 2.29. The van der Waals surface area contributed by atoms with E-state index in [0.29, 0.717) is 0 Å². The Bertz CT molecular complexity index is 308. The molecule has 1 aromatic carbocycles. The van der Waals surface area contributed by atoms with Gasteiger partial charge in [0.1, 0.15) is 0 Å². The van der Waals surface area contributed by atoms with Gasteiger partial charge in [0.15, 0.2) is 0 Å². The molecule has 0 aliphatic carbocycles. The number of rotatable bonds is 3. The summed E-state index contributed by atoms with van der Waals surface area (Å²) in [6.07, 6.45) is 0. The average Bonchev–Trinajstić information content (AvgIpc) is 2.18. The molecule has 0 saturated carbocycles. The Labute approximate surface area is 82.9 Å². The van der Waals surface area contributed by atoms with E-state index >= 15 is 0 Å². The molecule has 0 aliphatic heterocycles. The fraction of sp³-hybridized carbons (Fsp3) is 0.455. The van der Waals surface area contributed by atoms with Crippen LogP contribution in [0.15, 0.2) is 24.3 Å². The van der Waals surface area contributed by atoms with Crippen LogP contribution < -0.4 is 5.73 Å². The molecular weight excluding hydrogens is 184 g/mol. The fourth-order valence-corrected chi connectivity index (χ4v) is 1.24. The smallest absolute Gasteiger partial charge is 0.285 e. The Kier molecular flexibility index (Phi) is 3.21. The van der Waals surface area contributed by atoms with Crippen LogP contribution in [-0.4, -0.2) is 6.54 Å². The van der Waals surface area contributed by atoms with Gasteiger partial charge in [0.05, 0.1) is 6.54 Å². The minimum atomic E-state index is -2.91. The number of hydrogen-bond acceptors (Lipinski definition) is 1. The molecule has 1 nitrogen and oxygen atoms in total. The molecule has 0 aromatic heterocycles. The lowest BCUT2D eigenvalue weighted by Gasteiger charge is -2.16. The Morgan fingerprint density at radius 1 is 1.36 bits per heavy atom. The van der Waals surface area contributed by atoms with Crippen molar-refractivity contribution < 1.29 is 8.78 Å². The van der Waals surface area contributed by atoms with Gasteiger partial charge in [-0.1, -0.05) is 32.0 Å². The molecule has 0 saturated heterocycles. The summed E-state index contributed by atoms with van der Waals surface area (Å²) in [4.78, 5) is 0. The van der Waals surface area contributed by atoms with Gasteiger partial charge in [0, 0.05) is 5.56 Å². The highest BCUT2D eigenvalue weighted by Crippen LogP contribution is 2.28. The first-order valence-corrected chi connectivity index (χ1v) is 4.65.